The average Bonchev–Trinajstić information content (AvgIpc) is 2.73. The number of carbonyl (C=O) groups is 3. The first kappa shape index (κ1) is 25.5. The summed E-state index contributed by atoms with van der Waals surface area (Å²) in [5.74, 6) is -1.70. The van der Waals surface area contributed by atoms with Crippen molar-refractivity contribution in [1.82, 2.24) is 4.72 Å². The minimum atomic E-state index is -3.98. The van der Waals surface area contributed by atoms with Gasteiger partial charge in [0.25, 0.3) is 0 Å². The van der Waals surface area contributed by atoms with Gasteiger partial charge in [-0.2, -0.15) is 4.72 Å². The van der Waals surface area contributed by atoms with E-state index in [1.807, 2.05) is 0 Å². The highest BCUT2D eigenvalue weighted by molar-refractivity contribution is 7.89. The van der Waals surface area contributed by atoms with E-state index in [4.69, 9.17) is 16.3 Å². The van der Waals surface area contributed by atoms with Gasteiger partial charge in [0.1, 0.15) is 6.04 Å². The Morgan fingerprint density at radius 1 is 0.906 bits per heavy atom. The van der Waals surface area contributed by atoms with Crippen molar-refractivity contribution < 1.29 is 27.5 Å². The van der Waals surface area contributed by atoms with Crippen LogP contribution < -0.4 is 10.0 Å². The molecule has 0 spiro atoms. The quantitative estimate of drug-likeness (QED) is 0.419. The van der Waals surface area contributed by atoms with Crippen LogP contribution >= 0.6 is 11.6 Å². The van der Waals surface area contributed by atoms with Gasteiger partial charge in [-0.05, 0) is 62.4 Å². The average molecular weight is 481 g/mol. The maximum Gasteiger partial charge on any atom is 0.324 e. The summed E-state index contributed by atoms with van der Waals surface area (Å²) in [6.45, 7) is 6.24. The topological polar surface area (TPSA) is 119 Å². The van der Waals surface area contributed by atoms with Crippen LogP contribution in [0, 0.1) is 5.92 Å². The number of hydrogen-bond donors (Lipinski definition) is 2. The van der Waals surface area contributed by atoms with Crippen molar-refractivity contribution in [3.8, 4) is 0 Å². The molecule has 2 aromatic rings. The molecular weight excluding hydrogens is 456 g/mol. The molecule has 2 aromatic carbocycles. The summed E-state index contributed by atoms with van der Waals surface area (Å²) in [6, 6.07) is 10.4. The van der Waals surface area contributed by atoms with Crippen molar-refractivity contribution in [3.63, 3.8) is 0 Å². The molecule has 0 aliphatic heterocycles. The fourth-order valence-electron chi connectivity index (χ4n) is 2.53. The molecule has 2 atom stereocenters. The van der Waals surface area contributed by atoms with E-state index in [0.29, 0.717) is 10.7 Å². The van der Waals surface area contributed by atoms with Gasteiger partial charge in [0.15, 0.2) is 6.10 Å². The van der Waals surface area contributed by atoms with Gasteiger partial charge in [-0.3, -0.25) is 14.4 Å². The Morgan fingerprint density at radius 2 is 1.47 bits per heavy atom. The van der Waals surface area contributed by atoms with Crippen LogP contribution in [0.25, 0.3) is 0 Å². The Balaban J connectivity index is 1.98. The lowest BCUT2D eigenvalue weighted by atomic mass is 10.1. The first-order chi connectivity index (χ1) is 14.9. The van der Waals surface area contributed by atoms with Gasteiger partial charge < -0.3 is 10.1 Å². The number of carbonyl (C=O) groups excluding carboxylic acids is 3. The van der Waals surface area contributed by atoms with E-state index in [0.717, 1.165) is 0 Å². The van der Waals surface area contributed by atoms with Crippen molar-refractivity contribution in [2.75, 3.05) is 5.32 Å². The number of anilines is 1. The Bertz CT molecular complexity index is 1080. The number of ether oxygens (including phenoxy) is 1. The molecule has 0 aliphatic rings. The molecule has 0 bridgehead atoms. The molecule has 0 aliphatic carbocycles. The number of nitrogens with one attached hydrogen (secondary N) is 2. The van der Waals surface area contributed by atoms with Gasteiger partial charge >= 0.3 is 5.97 Å². The second-order valence-electron chi connectivity index (χ2n) is 7.46. The normalized spacial score (nSPS) is 13.3. The molecule has 2 rings (SSSR count). The summed E-state index contributed by atoms with van der Waals surface area (Å²) in [5, 5.41) is 3.09. The van der Waals surface area contributed by atoms with E-state index in [2.05, 4.69) is 10.0 Å². The monoisotopic (exact) mass is 480 g/mol. The molecule has 2 N–H and O–H groups in total. The SMILES string of the molecule is CC(C)C(=O)Nc1ccc(C(=O)C(C)OC(=O)[C@H](C)NS(=O)(=O)c2ccc(Cl)cc2)cc1. The molecule has 172 valence electrons. The van der Waals surface area contributed by atoms with Gasteiger partial charge in [-0.15, -0.1) is 0 Å². The van der Waals surface area contributed by atoms with Crippen molar-refractivity contribution >= 4 is 45.0 Å². The first-order valence-corrected chi connectivity index (χ1v) is 11.7. The number of hydrogen-bond acceptors (Lipinski definition) is 6. The van der Waals surface area contributed by atoms with Crippen LogP contribution in [0.3, 0.4) is 0 Å². The summed E-state index contributed by atoms with van der Waals surface area (Å²) in [6.07, 6.45) is -1.14. The van der Waals surface area contributed by atoms with E-state index >= 15 is 0 Å². The van der Waals surface area contributed by atoms with Gasteiger partial charge in [-0.1, -0.05) is 25.4 Å². The first-order valence-electron chi connectivity index (χ1n) is 9.84. The number of sulfonamides is 1. The van der Waals surface area contributed by atoms with Crippen LogP contribution in [-0.2, 0) is 24.3 Å². The molecule has 0 saturated heterocycles. The van der Waals surface area contributed by atoms with Crippen LogP contribution in [0.5, 0.6) is 0 Å². The Kier molecular flexibility index (Phi) is 8.54. The lowest BCUT2D eigenvalue weighted by molar-refractivity contribution is -0.147. The van der Waals surface area contributed by atoms with Crippen molar-refractivity contribution in [2.45, 2.75) is 44.7 Å². The number of rotatable bonds is 9. The number of ketones is 1. The Labute approximate surface area is 192 Å². The Morgan fingerprint density at radius 3 is 2.00 bits per heavy atom. The highest BCUT2D eigenvalue weighted by Gasteiger charge is 2.27. The summed E-state index contributed by atoms with van der Waals surface area (Å²) in [5.41, 5.74) is 0.817. The second kappa shape index (κ2) is 10.7. The molecular formula is C22H25ClN2O6S. The second-order valence-corrected chi connectivity index (χ2v) is 9.61. The lowest BCUT2D eigenvalue weighted by Gasteiger charge is -2.17. The predicted octanol–water partition coefficient (Wildman–Crippen LogP) is 3.42. The minimum Gasteiger partial charge on any atom is -0.453 e. The van der Waals surface area contributed by atoms with Crippen LogP contribution in [0.4, 0.5) is 5.69 Å². The standard InChI is InChI=1S/C22H25ClN2O6S/c1-13(2)21(27)24-18-9-5-16(6-10-18)20(26)15(4)31-22(28)14(3)25-32(29,30)19-11-7-17(23)8-12-19/h5-15,25H,1-4H3,(H,24,27)/t14-,15?/m0/s1. The van der Waals surface area contributed by atoms with Crippen LogP contribution in [0.2, 0.25) is 5.02 Å². The van der Waals surface area contributed by atoms with Crippen molar-refractivity contribution in [3.05, 3.63) is 59.1 Å². The molecule has 0 radical (unpaired) electrons. The summed E-state index contributed by atoms with van der Waals surface area (Å²) in [7, 11) is -3.98. The number of esters is 1. The highest BCUT2D eigenvalue weighted by atomic mass is 35.5. The van der Waals surface area contributed by atoms with Crippen LogP contribution in [0.15, 0.2) is 53.4 Å². The number of halogens is 1. The van der Waals surface area contributed by atoms with Crippen molar-refractivity contribution in [2.24, 2.45) is 5.92 Å². The van der Waals surface area contributed by atoms with Gasteiger partial charge in [0.2, 0.25) is 21.7 Å². The fraction of sp³-hybridized carbons (Fsp3) is 0.318. The molecule has 8 nitrogen and oxygen atoms in total. The highest BCUT2D eigenvalue weighted by Crippen LogP contribution is 2.16. The summed E-state index contributed by atoms with van der Waals surface area (Å²) >= 11 is 5.76. The fourth-order valence-corrected chi connectivity index (χ4v) is 3.85. The van der Waals surface area contributed by atoms with E-state index in [1.54, 1.807) is 26.0 Å². The molecule has 10 heteroatoms. The third kappa shape index (κ3) is 6.88. The molecule has 1 unspecified atom stereocenters. The van der Waals surface area contributed by atoms with Gasteiger partial charge in [-0.25, -0.2) is 8.42 Å². The molecule has 32 heavy (non-hydrogen) atoms. The van der Waals surface area contributed by atoms with Crippen molar-refractivity contribution in [1.29, 1.82) is 0 Å². The number of benzene rings is 2. The Hall–Kier alpha value is -2.75. The number of amides is 1. The molecule has 0 aromatic heterocycles. The lowest BCUT2D eigenvalue weighted by Crippen LogP contribution is -2.41. The zero-order valence-corrected chi connectivity index (χ0v) is 19.7. The minimum absolute atomic E-state index is 0.0599. The third-order valence-corrected chi connectivity index (χ3v) is 6.24. The molecule has 0 fully saturated rings. The third-order valence-electron chi connectivity index (χ3n) is 4.43. The van der Waals surface area contributed by atoms with Crippen LogP contribution in [-0.4, -0.2) is 38.2 Å². The van der Waals surface area contributed by atoms with E-state index in [9.17, 15) is 22.8 Å². The molecule has 0 heterocycles. The maximum atomic E-state index is 12.6. The molecule has 0 saturated carbocycles. The summed E-state index contributed by atoms with van der Waals surface area (Å²) in [4.78, 5) is 36.6. The molecule has 1 amide bonds. The predicted molar refractivity (Wildman–Crippen MR) is 121 cm³/mol. The zero-order chi connectivity index (χ0) is 24.1. The van der Waals surface area contributed by atoms with Gasteiger partial charge in [0.05, 0.1) is 4.90 Å². The van der Waals surface area contributed by atoms with E-state index in [1.165, 1.54) is 50.2 Å². The van der Waals surface area contributed by atoms with Crippen LogP contribution in [0.1, 0.15) is 38.1 Å². The zero-order valence-electron chi connectivity index (χ0n) is 18.1. The van der Waals surface area contributed by atoms with E-state index < -0.39 is 33.9 Å². The number of Topliss-reactive ketones (excluding diaryl/α,β-unsaturated/α-hetero) is 1. The summed E-state index contributed by atoms with van der Waals surface area (Å²) < 4.78 is 32.1. The van der Waals surface area contributed by atoms with Gasteiger partial charge in [0, 0.05) is 22.2 Å². The van der Waals surface area contributed by atoms with E-state index in [-0.39, 0.29) is 22.3 Å². The maximum absolute atomic E-state index is 12.6. The smallest absolute Gasteiger partial charge is 0.324 e. The largest absolute Gasteiger partial charge is 0.453 e.